The molecule has 3 N–H and O–H groups in total. The van der Waals surface area contributed by atoms with E-state index in [0.717, 1.165) is 36.8 Å². The molecular formula is C19H22N6O2S. The third kappa shape index (κ3) is 3.81. The molecule has 0 aliphatic carbocycles. The molecule has 0 saturated carbocycles. The van der Waals surface area contributed by atoms with Gasteiger partial charge in [-0.2, -0.15) is 4.98 Å². The summed E-state index contributed by atoms with van der Waals surface area (Å²) in [5.41, 5.74) is 7.79. The Bertz CT molecular complexity index is 1010. The van der Waals surface area contributed by atoms with Crippen molar-refractivity contribution >= 4 is 35.0 Å². The number of benzene rings is 1. The molecule has 1 aromatic carbocycles. The first-order valence-corrected chi connectivity index (χ1v) is 9.89. The molecule has 2 aromatic heterocycles. The molecule has 3 aromatic rings. The van der Waals surface area contributed by atoms with E-state index in [-0.39, 0.29) is 11.5 Å². The van der Waals surface area contributed by atoms with Gasteiger partial charge in [0.05, 0.1) is 18.9 Å². The predicted octanol–water partition coefficient (Wildman–Crippen LogP) is 2.61. The number of methoxy groups -OCH3 is 1. The first-order chi connectivity index (χ1) is 13.4. The van der Waals surface area contributed by atoms with Crippen molar-refractivity contribution in [3.8, 4) is 0 Å². The van der Waals surface area contributed by atoms with Crippen LogP contribution in [0.1, 0.15) is 30.1 Å². The van der Waals surface area contributed by atoms with Gasteiger partial charge in [0.1, 0.15) is 5.03 Å². The van der Waals surface area contributed by atoms with Gasteiger partial charge in [0.15, 0.2) is 11.3 Å². The quantitative estimate of drug-likeness (QED) is 0.645. The van der Waals surface area contributed by atoms with Crippen molar-refractivity contribution in [3.63, 3.8) is 0 Å². The maximum absolute atomic E-state index is 12.0. The SMILES string of the molecule is COC(=O)c1ccccc1Sc1cnc2nc(N3CCC(C)(N)CC3)[nH]c2n1. The lowest BCUT2D eigenvalue weighted by Gasteiger charge is -2.36. The highest BCUT2D eigenvalue weighted by Crippen LogP contribution is 2.30. The zero-order valence-corrected chi connectivity index (χ0v) is 16.6. The van der Waals surface area contributed by atoms with Crippen LogP contribution in [0.5, 0.6) is 0 Å². The van der Waals surface area contributed by atoms with Gasteiger partial charge in [-0.05, 0) is 31.9 Å². The predicted molar refractivity (Wildman–Crippen MR) is 108 cm³/mol. The van der Waals surface area contributed by atoms with E-state index in [1.54, 1.807) is 18.3 Å². The minimum absolute atomic E-state index is 0.115. The molecule has 9 heteroatoms. The molecule has 0 spiro atoms. The zero-order chi connectivity index (χ0) is 19.7. The van der Waals surface area contributed by atoms with Crippen LogP contribution in [0, 0.1) is 0 Å². The highest BCUT2D eigenvalue weighted by Gasteiger charge is 2.27. The molecule has 0 atom stereocenters. The number of aromatic nitrogens is 4. The Kier molecular flexibility index (Phi) is 4.94. The second-order valence-corrected chi connectivity index (χ2v) is 8.23. The van der Waals surface area contributed by atoms with Gasteiger partial charge in [-0.25, -0.2) is 14.8 Å². The lowest BCUT2D eigenvalue weighted by Crippen LogP contribution is -2.48. The summed E-state index contributed by atoms with van der Waals surface area (Å²) < 4.78 is 4.85. The molecule has 1 aliphatic rings. The summed E-state index contributed by atoms with van der Waals surface area (Å²) in [6, 6.07) is 7.27. The Morgan fingerprint density at radius 3 is 2.79 bits per heavy atom. The fourth-order valence-electron chi connectivity index (χ4n) is 3.14. The Hall–Kier alpha value is -2.65. The third-order valence-electron chi connectivity index (χ3n) is 4.89. The van der Waals surface area contributed by atoms with Gasteiger partial charge in [0.2, 0.25) is 5.95 Å². The monoisotopic (exact) mass is 398 g/mol. The molecule has 0 radical (unpaired) electrons. The average Bonchev–Trinajstić information content (AvgIpc) is 3.11. The largest absolute Gasteiger partial charge is 0.465 e. The van der Waals surface area contributed by atoms with Gasteiger partial charge >= 0.3 is 5.97 Å². The van der Waals surface area contributed by atoms with Crippen LogP contribution in [0.15, 0.2) is 40.4 Å². The molecular weight excluding hydrogens is 376 g/mol. The number of hydrogen-bond acceptors (Lipinski definition) is 8. The molecule has 8 nitrogen and oxygen atoms in total. The van der Waals surface area contributed by atoms with Crippen molar-refractivity contribution in [2.45, 2.75) is 35.2 Å². The standard InChI is InChI=1S/C19H22N6O2S/c1-19(20)7-9-25(10-8-19)18-23-15-16(24-18)22-14(11-21-15)28-13-6-4-3-5-12(13)17(26)27-2/h3-6,11H,7-10,20H2,1-2H3,(H,21,22,23,24). The number of hydrogen-bond donors (Lipinski definition) is 2. The van der Waals surface area contributed by atoms with E-state index in [4.69, 9.17) is 10.5 Å². The summed E-state index contributed by atoms with van der Waals surface area (Å²) in [6.45, 7) is 3.78. The highest BCUT2D eigenvalue weighted by molar-refractivity contribution is 7.99. The summed E-state index contributed by atoms with van der Waals surface area (Å²) >= 11 is 1.36. The number of imidazole rings is 1. The van der Waals surface area contributed by atoms with Crippen molar-refractivity contribution in [2.75, 3.05) is 25.1 Å². The van der Waals surface area contributed by atoms with E-state index >= 15 is 0 Å². The fraction of sp³-hybridized carbons (Fsp3) is 0.368. The molecule has 146 valence electrons. The Morgan fingerprint density at radius 1 is 1.29 bits per heavy atom. The number of anilines is 1. The molecule has 1 aliphatic heterocycles. The highest BCUT2D eigenvalue weighted by atomic mass is 32.2. The van der Waals surface area contributed by atoms with Gasteiger partial charge in [0, 0.05) is 23.5 Å². The second kappa shape index (κ2) is 7.40. The summed E-state index contributed by atoms with van der Waals surface area (Å²) in [6.07, 6.45) is 3.49. The summed E-state index contributed by atoms with van der Waals surface area (Å²) in [5.74, 6) is 0.389. The molecule has 0 unspecified atom stereocenters. The zero-order valence-electron chi connectivity index (χ0n) is 15.8. The molecule has 4 rings (SSSR count). The number of carbonyl (C=O) groups excluding carboxylic acids is 1. The third-order valence-corrected chi connectivity index (χ3v) is 5.87. The van der Waals surface area contributed by atoms with Crippen LogP contribution in [-0.4, -0.2) is 51.6 Å². The van der Waals surface area contributed by atoms with Crippen molar-refractivity contribution in [1.29, 1.82) is 0 Å². The molecule has 1 saturated heterocycles. The number of nitrogens with zero attached hydrogens (tertiary/aromatic N) is 4. The Balaban J connectivity index is 1.57. The van der Waals surface area contributed by atoms with Gasteiger partial charge < -0.3 is 20.4 Å². The summed E-state index contributed by atoms with van der Waals surface area (Å²) in [4.78, 5) is 31.8. The number of piperidine rings is 1. The first-order valence-electron chi connectivity index (χ1n) is 9.07. The van der Waals surface area contributed by atoms with Crippen LogP contribution in [-0.2, 0) is 4.74 Å². The normalized spacial score (nSPS) is 16.3. The Labute approximate surface area is 166 Å². The van der Waals surface area contributed by atoms with E-state index in [2.05, 4.69) is 31.8 Å². The minimum atomic E-state index is -0.377. The smallest absolute Gasteiger partial charge is 0.339 e. The van der Waals surface area contributed by atoms with Gasteiger partial charge in [-0.3, -0.25) is 0 Å². The lowest BCUT2D eigenvalue weighted by atomic mass is 9.91. The van der Waals surface area contributed by atoms with Crippen LogP contribution in [0.2, 0.25) is 0 Å². The second-order valence-electron chi connectivity index (χ2n) is 7.17. The molecule has 0 bridgehead atoms. The van der Waals surface area contributed by atoms with E-state index in [1.165, 1.54) is 18.9 Å². The maximum atomic E-state index is 12.0. The number of carbonyl (C=O) groups is 1. The molecule has 3 heterocycles. The van der Waals surface area contributed by atoms with Crippen LogP contribution in [0.3, 0.4) is 0 Å². The number of nitrogens with two attached hydrogens (primary N) is 1. The van der Waals surface area contributed by atoms with Crippen molar-refractivity contribution in [1.82, 2.24) is 19.9 Å². The number of H-pyrrole nitrogens is 1. The number of ether oxygens (including phenoxy) is 1. The molecule has 28 heavy (non-hydrogen) atoms. The van der Waals surface area contributed by atoms with Crippen LogP contribution >= 0.6 is 11.8 Å². The van der Waals surface area contributed by atoms with Crippen molar-refractivity contribution < 1.29 is 9.53 Å². The topological polar surface area (TPSA) is 110 Å². The van der Waals surface area contributed by atoms with Crippen LogP contribution in [0.4, 0.5) is 5.95 Å². The van der Waals surface area contributed by atoms with E-state index < -0.39 is 0 Å². The Morgan fingerprint density at radius 2 is 2.04 bits per heavy atom. The number of nitrogens with one attached hydrogen (secondary N) is 1. The summed E-state index contributed by atoms with van der Waals surface area (Å²) in [5, 5.41) is 0.673. The molecule has 1 fully saturated rings. The van der Waals surface area contributed by atoms with E-state index in [1.807, 2.05) is 12.1 Å². The number of rotatable bonds is 4. The first kappa shape index (κ1) is 18.7. The maximum Gasteiger partial charge on any atom is 0.339 e. The minimum Gasteiger partial charge on any atom is -0.465 e. The van der Waals surface area contributed by atoms with Gasteiger partial charge in [-0.1, -0.05) is 23.9 Å². The molecule has 0 amide bonds. The summed E-state index contributed by atoms with van der Waals surface area (Å²) in [7, 11) is 1.37. The lowest BCUT2D eigenvalue weighted by molar-refractivity contribution is 0.0597. The van der Waals surface area contributed by atoms with Crippen molar-refractivity contribution in [3.05, 3.63) is 36.0 Å². The average molecular weight is 398 g/mol. The number of fused-ring (bicyclic) bond motifs is 1. The van der Waals surface area contributed by atoms with Crippen LogP contribution < -0.4 is 10.6 Å². The fourth-order valence-corrected chi connectivity index (χ4v) is 4.02. The van der Waals surface area contributed by atoms with Crippen molar-refractivity contribution in [2.24, 2.45) is 5.73 Å². The van der Waals surface area contributed by atoms with E-state index in [0.29, 0.717) is 21.9 Å². The van der Waals surface area contributed by atoms with E-state index in [9.17, 15) is 4.79 Å². The van der Waals surface area contributed by atoms with Gasteiger partial charge in [0.25, 0.3) is 0 Å². The number of aromatic amines is 1. The number of esters is 1. The van der Waals surface area contributed by atoms with Gasteiger partial charge in [-0.15, -0.1) is 0 Å². The van der Waals surface area contributed by atoms with Crippen LogP contribution in [0.25, 0.3) is 11.3 Å².